The number of hydrogen-bond acceptors (Lipinski definition) is 5. The molecule has 1 rings (SSSR count). The van der Waals surface area contributed by atoms with Crippen LogP contribution in [0, 0.1) is 0 Å². The highest BCUT2D eigenvalue weighted by atomic mass is 16.7. The minimum Gasteiger partial charge on any atom is -0.373 e. The molecule has 96 valence electrons. The minimum absolute atomic E-state index is 0.176. The van der Waals surface area contributed by atoms with Gasteiger partial charge in [0, 0.05) is 19.8 Å². The summed E-state index contributed by atoms with van der Waals surface area (Å²) in [7, 11) is 0. The molecule has 1 N–H and O–H groups in total. The molecule has 0 aromatic heterocycles. The van der Waals surface area contributed by atoms with Crippen molar-refractivity contribution in [1.82, 2.24) is 0 Å². The highest BCUT2D eigenvalue weighted by molar-refractivity contribution is 4.86. The number of rotatable bonds is 6. The zero-order valence-corrected chi connectivity index (χ0v) is 10.2. The van der Waals surface area contributed by atoms with Crippen LogP contribution in [0.15, 0.2) is 0 Å². The van der Waals surface area contributed by atoms with E-state index in [4.69, 9.17) is 18.9 Å². The van der Waals surface area contributed by atoms with Gasteiger partial charge in [-0.1, -0.05) is 0 Å². The Balaban J connectivity index is 2.65. The maximum atomic E-state index is 9.70. The average molecular weight is 234 g/mol. The van der Waals surface area contributed by atoms with Gasteiger partial charge in [0.05, 0.1) is 6.61 Å². The molecular formula is C11H22O5. The van der Waals surface area contributed by atoms with Gasteiger partial charge in [0.15, 0.2) is 6.29 Å². The van der Waals surface area contributed by atoms with Gasteiger partial charge in [-0.2, -0.15) is 0 Å². The van der Waals surface area contributed by atoms with Crippen molar-refractivity contribution in [3.63, 3.8) is 0 Å². The van der Waals surface area contributed by atoms with Crippen LogP contribution in [-0.2, 0) is 18.9 Å². The molecule has 1 heterocycles. The molecule has 16 heavy (non-hydrogen) atoms. The van der Waals surface area contributed by atoms with Crippen LogP contribution in [0.1, 0.15) is 20.8 Å². The van der Waals surface area contributed by atoms with Crippen LogP contribution in [-0.4, -0.2) is 56.1 Å². The molecule has 1 saturated heterocycles. The second kappa shape index (κ2) is 7.19. The van der Waals surface area contributed by atoms with Crippen molar-refractivity contribution in [2.45, 2.75) is 45.4 Å². The predicted octanol–water partition coefficient (Wildman–Crippen LogP) is 0.550. The number of aliphatic hydroxyl groups is 1. The third-order valence-electron chi connectivity index (χ3n) is 2.50. The van der Waals surface area contributed by atoms with Gasteiger partial charge in [-0.3, -0.25) is 0 Å². The SMILES string of the molecule is CCO[C@H]1[C@H](OCC)C(O)OC[C@H]1OCC. The Morgan fingerprint density at radius 2 is 1.56 bits per heavy atom. The molecule has 1 fully saturated rings. The normalized spacial score (nSPS) is 35.2. The number of hydrogen-bond donors (Lipinski definition) is 1. The summed E-state index contributed by atoms with van der Waals surface area (Å²) in [5.41, 5.74) is 0. The highest BCUT2D eigenvalue weighted by Crippen LogP contribution is 2.22. The lowest BCUT2D eigenvalue weighted by atomic mass is 10.0. The second-order valence-corrected chi connectivity index (χ2v) is 3.56. The van der Waals surface area contributed by atoms with Gasteiger partial charge in [-0.05, 0) is 20.8 Å². The molecule has 1 aliphatic heterocycles. The molecule has 1 aliphatic rings. The summed E-state index contributed by atoms with van der Waals surface area (Å²) >= 11 is 0. The van der Waals surface area contributed by atoms with Crippen LogP contribution in [0.2, 0.25) is 0 Å². The van der Waals surface area contributed by atoms with Crippen LogP contribution >= 0.6 is 0 Å². The van der Waals surface area contributed by atoms with Crippen molar-refractivity contribution in [2.75, 3.05) is 26.4 Å². The van der Waals surface area contributed by atoms with E-state index in [-0.39, 0.29) is 12.2 Å². The Kier molecular flexibility index (Phi) is 6.23. The fourth-order valence-corrected chi connectivity index (χ4v) is 1.88. The molecule has 0 radical (unpaired) electrons. The van der Waals surface area contributed by atoms with E-state index in [1.54, 1.807) is 0 Å². The monoisotopic (exact) mass is 234 g/mol. The third-order valence-corrected chi connectivity index (χ3v) is 2.50. The van der Waals surface area contributed by atoms with Crippen LogP contribution in [0.25, 0.3) is 0 Å². The Morgan fingerprint density at radius 1 is 1.00 bits per heavy atom. The zero-order valence-electron chi connectivity index (χ0n) is 10.2. The lowest BCUT2D eigenvalue weighted by Gasteiger charge is -2.39. The van der Waals surface area contributed by atoms with Crippen molar-refractivity contribution >= 4 is 0 Å². The Hall–Kier alpha value is -0.200. The van der Waals surface area contributed by atoms with Crippen molar-refractivity contribution in [2.24, 2.45) is 0 Å². The van der Waals surface area contributed by atoms with Gasteiger partial charge in [-0.25, -0.2) is 0 Å². The molecule has 5 nitrogen and oxygen atoms in total. The predicted molar refractivity (Wildman–Crippen MR) is 58.2 cm³/mol. The van der Waals surface area contributed by atoms with Gasteiger partial charge in [0.1, 0.15) is 18.3 Å². The smallest absolute Gasteiger partial charge is 0.183 e. The first-order valence-corrected chi connectivity index (χ1v) is 5.89. The molecule has 0 bridgehead atoms. The highest BCUT2D eigenvalue weighted by Gasteiger charge is 2.41. The largest absolute Gasteiger partial charge is 0.373 e. The van der Waals surface area contributed by atoms with E-state index in [1.165, 1.54) is 0 Å². The van der Waals surface area contributed by atoms with E-state index in [9.17, 15) is 5.11 Å². The number of aliphatic hydroxyl groups excluding tert-OH is 1. The summed E-state index contributed by atoms with van der Waals surface area (Å²) in [4.78, 5) is 0. The zero-order chi connectivity index (χ0) is 12.0. The quantitative estimate of drug-likeness (QED) is 0.727. The molecular weight excluding hydrogens is 212 g/mol. The maximum Gasteiger partial charge on any atom is 0.183 e. The van der Waals surface area contributed by atoms with E-state index < -0.39 is 12.4 Å². The van der Waals surface area contributed by atoms with Crippen LogP contribution in [0.4, 0.5) is 0 Å². The average Bonchev–Trinajstić information content (AvgIpc) is 2.27. The molecule has 0 aliphatic carbocycles. The molecule has 0 amide bonds. The Morgan fingerprint density at radius 3 is 2.12 bits per heavy atom. The molecule has 4 atom stereocenters. The van der Waals surface area contributed by atoms with Gasteiger partial charge >= 0.3 is 0 Å². The fraction of sp³-hybridized carbons (Fsp3) is 1.00. The first-order valence-electron chi connectivity index (χ1n) is 5.89. The van der Waals surface area contributed by atoms with Crippen molar-refractivity contribution in [3.8, 4) is 0 Å². The fourth-order valence-electron chi connectivity index (χ4n) is 1.88. The summed E-state index contributed by atoms with van der Waals surface area (Å²) in [5, 5.41) is 9.70. The Labute approximate surface area is 96.6 Å². The van der Waals surface area contributed by atoms with Crippen LogP contribution in [0.3, 0.4) is 0 Å². The lowest BCUT2D eigenvalue weighted by Crippen LogP contribution is -2.56. The van der Waals surface area contributed by atoms with E-state index in [1.807, 2.05) is 20.8 Å². The topological polar surface area (TPSA) is 57.2 Å². The molecule has 0 spiro atoms. The second-order valence-electron chi connectivity index (χ2n) is 3.56. The van der Waals surface area contributed by atoms with Crippen molar-refractivity contribution in [1.29, 1.82) is 0 Å². The van der Waals surface area contributed by atoms with E-state index in [0.717, 1.165) is 0 Å². The van der Waals surface area contributed by atoms with Gasteiger partial charge in [0.2, 0.25) is 0 Å². The minimum atomic E-state index is -0.937. The van der Waals surface area contributed by atoms with Gasteiger partial charge in [-0.15, -0.1) is 0 Å². The Bertz CT molecular complexity index is 187. The summed E-state index contributed by atoms with van der Waals surface area (Å²) < 4.78 is 21.8. The summed E-state index contributed by atoms with van der Waals surface area (Å²) in [6.07, 6.45) is -1.86. The standard InChI is InChI=1S/C11H22O5/c1-4-13-8-7-16-11(12)10(15-6-3)9(8)14-5-2/h8-12H,4-7H2,1-3H3/t8-,9-,10+,11?/m1/s1. The first kappa shape index (κ1) is 13.9. The van der Waals surface area contributed by atoms with E-state index in [0.29, 0.717) is 26.4 Å². The van der Waals surface area contributed by atoms with Gasteiger partial charge in [0.25, 0.3) is 0 Å². The first-order chi connectivity index (χ1) is 7.74. The lowest BCUT2D eigenvalue weighted by molar-refractivity contribution is -0.278. The summed E-state index contributed by atoms with van der Waals surface area (Å²) in [5.74, 6) is 0. The van der Waals surface area contributed by atoms with E-state index >= 15 is 0 Å². The molecule has 5 heteroatoms. The van der Waals surface area contributed by atoms with Gasteiger partial charge < -0.3 is 24.1 Å². The molecule has 0 saturated carbocycles. The summed E-state index contributed by atoms with van der Waals surface area (Å²) in [6, 6.07) is 0. The van der Waals surface area contributed by atoms with E-state index in [2.05, 4.69) is 0 Å². The van der Waals surface area contributed by atoms with Crippen molar-refractivity contribution < 1.29 is 24.1 Å². The maximum absolute atomic E-state index is 9.70. The number of ether oxygens (including phenoxy) is 4. The van der Waals surface area contributed by atoms with Crippen molar-refractivity contribution in [3.05, 3.63) is 0 Å². The van der Waals surface area contributed by atoms with Crippen LogP contribution in [0.5, 0.6) is 0 Å². The van der Waals surface area contributed by atoms with Crippen LogP contribution < -0.4 is 0 Å². The molecule has 1 unspecified atom stereocenters. The molecule has 0 aromatic rings. The molecule has 0 aromatic carbocycles. The summed E-state index contributed by atoms with van der Waals surface area (Å²) in [6.45, 7) is 7.70. The third kappa shape index (κ3) is 3.40.